The van der Waals surface area contributed by atoms with E-state index in [1.165, 1.54) is 12.5 Å². The molecular weight excluding hydrogens is 250 g/mol. The highest BCUT2D eigenvalue weighted by Crippen LogP contribution is 2.32. The average Bonchev–Trinajstić information content (AvgIpc) is 2.63. The van der Waals surface area contributed by atoms with Gasteiger partial charge in [-0.1, -0.05) is 4.48 Å². The van der Waals surface area contributed by atoms with Crippen molar-refractivity contribution in [1.29, 1.82) is 0 Å². The molecule has 1 unspecified atom stereocenters. The first-order valence-corrected chi connectivity index (χ1v) is 12.9. The van der Waals surface area contributed by atoms with Gasteiger partial charge in [0.1, 0.15) is 19.8 Å². The van der Waals surface area contributed by atoms with Crippen molar-refractivity contribution in [2.24, 2.45) is 0 Å². The first-order chi connectivity index (χ1) is 8.02. The van der Waals surface area contributed by atoms with Crippen molar-refractivity contribution in [2.75, 3.05) is 26.4 Å². The van der Waals surface area contributed by atoms with Crippen LogP contribution in [0, 0.1) is 0 Å². The molecule has 1 heterocycles. The molecule has 1 rings (SSSR count). The highest BCUT2D eigenvalue weighted by atomic mass is 29.2. The lowest BCUT2D eigenvalue weighted by atomic mass is 10.5. The Morgan fingerprint density at radius 2 is 1.65 bits per heavy atom. The minimum atomic E-state index is -1.62. The largest absolute Gasteiger partial charge is 0.413 e. The van der Waals surface area contributed by atoms with Gasteiger partial charge in [0, 0.05) is 19.1 Å². The van der Waals surface area contributed by atoms with Gasteiger partial charge in [-0.05, 0) is 33.9 Å². The molecule has 1 fully saturated rings. The molecule has 17 heavy (non-hydrogen) atoms. The Bertz CT molecular complexity index is 233. The highest BCUT2D eigenvalue weighted by Gasteiger charge is 2.59. The molecule has 0 radical (unpaired) electrons. The van der Waals surface area contributed by atoms with E-state index in [2.05, 4.69) is 33.9 Å². The van der Waals surface area contributed by atoms with Crippen molar-refractivity contribution in [3.8, 4) is 0 Å². The Hall–Kier alpha value is 0.274. The molecule has 0 bridgehead atoms. The molecule has 6 heteroatoms. The average molecular weight is 279 g/mol. The van der Waals surface area contributed by atoms with Gasteiger partial charge in [0.05, 0.1) is 0 Å². The van der Waals surface area contributed by atoms with E-state index in [0.717, 1.165) is 26.4 Å². The summed E-state index contributed by atoms with van der Waals surface area (Å²) >= 11 is 0. The zero-order valence-corrected chi connectivity index (χ0v) is 14.1. The summed E-state index contributed by atoms with van der Waals surface area (Å²) in [6, 6.07) is 1.29. The van der Waals surface area contributed by atoms with E-state index >= 15 is 0 Å². The zero-order chi connectivity index (χ0) is 12.9. The number of quaternary nitrogens is 1. The number of hydrogen-bond acceptors (Lipinski definition) is 3. The topological polar surface area (TPSA) is 27.7 Å². The monoisotopic (exact) mass is 278 g/mol. The molecule has 0 N–H and O–H groups in total. The molecule has 0 saturated carbocycles. The van der Waals surface area contributed by atoms with E-state index in [1.807, 2.05) is 0 Å². The summed E-state index contributed by atoms with van der Waals surface area (Å²) in [6.07, 6.45) is 1.22. The maximum absolute atomic E-state index is 6.09. The number of nitrogens with zero attached hydrogens (tertiary/aromatic N) is 1. The van der Waals surface area contributed by atoms with Crippen LogP contribution in [0.3, 0.4) is 0 Å². The fraction of sp³-hybridized carbons (Fsp3) is 1.00. The first-order valence-electron chi connectivity index (χ1n) is 6.83. The van der Waals surface area contributed by atoms with Crippen molar-refractivity contribution in [3.05, 3.63) is 0 Å². The second-order valence-corrected chi connectivity index (χ2v) is 17.0. The molecule has 102 valence electrons. The van der Waals surface area contributed by atoms with Crippen LogP contribution in [-0.4, -0.2) is 47.2 Å². The predicted octanol–water partition coefficient (Wildman–Crippen LogP) is 2.15. The van der Waals surface area contributed by atoms with Gasteiger partial charge in [-0.25, -0.2) is 0 Å². The maximum Gasteiger partial charge on any atom is 0.347 e. The van der Waals surface area contributed by atoms with E-state index < -0.39 is 16.3 Å². The minimum absolute atomic E-state index is 0.506. The third-order valence-electron chi connectivity index (χ3n) is 3.44. The highest BCUT2D eigenvalue weighted by molar-refractivity contribution is 7.26. The fourth-order valence-electron chi connectivity index (χ4n) is 2.93. The van der Waals surface area contributed by atoms with E-state index in [4.69, 9.17) is 14.1 Å². The number of hydroxylamine groups is 2. The van der Waals surface area contributed by atoms with Crippen LogP contribution in [0.4, 0.5) is 0 Å². The van der Waals surface area contributed by atoms with E-state index in [1.54, 1.807) is 0 Å². The van der Waals surface area contributed by atoms with E-state index in [9.17, 15) is 0 Å². The zero-order valence-electron chi connectivity index (χ0n) is 12.0. The van der Waals surface area contributed by atoms with Crippen molar-refractivity contribution in [1.82, 2.24) is 0 Å². The van der Waals surface area contributed by atoms with Crippen LogP contribution >= 0.6 is 0 Å². The van der Waals surface area contributed by atoms with Crippen LogP contribution < -0.4 is 0 Å². The Balaban J connectivity index is 2.87. The van der Waals surface area contributed by atoms with Crippen molar-refractivity contribution in [3.63, 3.8) is 0 Å². The second kappa shape index (κ2) is 6.44. The quantitative estimate of drug-likeness (QED) is 0.668. The lowest BCUT2D eigenvalue weighted by molar-refractivity contribution is -1.17. The lowest BCUT2D eigenvalue weighted by Crippen LogP contribution is -2.66. The molecule has 1 saturated heterocycles. The normalized spacial score (nSPS) is 24.2. The van der Waals surface area contributed by atoms with Crippen LogP contribution in [0.15, 0.2) is 0 Å². The van der Waals surface area contributed by atoms with Crippen LogP contribution in [0.1, 0.15) is 27.2 Å². The van der Waals surface area contributed by atoms with Gasteiger partial charge in [0.25, 0.3) is 0 Å². The molecule has 0 aliphatic carbocycles. The number of rotatable bonds is 7. The summed E-state index contributed by atoms with van der Waals surface area (Å²) in [5.74, 6) is 0. The Morgan fingerprint density at radius 1 is 1.06 bits per heavy atom. The van der Waals surface area contributed by atoms with Crippen LogP contribution in [-0.2, 0) is 14.1 Å². The smallest absolute Gasteiger partial charge is 0.347 e. The van der Waals surface area contributed by atoms with Gasteiger partial charge in [-0.2, -0.15) is 9.68 Å². The van der Waals surface area contributed by atoms with Gasteiger partial charge in [-0.15, -0.1) is 0 Å². The fourth-order valence-corrected chi connectivity index (χ4v) is 15.1. The third kappa shape index (κ3) is 3.39. The Morgan fingerprint density at radius 3 is 2.12 bits per heavy atom. The van der Waals surface area contributed by atoms with Crippen molar-refractivity contribution in [2.45, 2.75) is 46.3 Å². The molecule has 0 aromatic heterocycles. The molecule has 0 spiro atoms. The third-order valence-corrected chi connectivity index (χ3v) is 15.9. The van der Waals surface area contributed by atoms with E-state index in [-0.39, 0.29) is 0 Å². The molecule has 0 amide bonds. The molecular formula is C11H28NO3Si2+. The molecule has 4 nitrogen and oxygen atoms in total. The maximum atomic E-state index is 6.09. The summed E-state index contributed by atoms with van der Waals surface area (Å²) in [6.45, 7) is 14.2. The van der Waals surface area contributed by atoms with Gasteiger partial charge < -0.3 is 4.43 Å². The summed E-state index contributed by atoms with van der Waals surface area (Å²) in [5.41, 5.74) is 0. The van der Waals surface area contributed by atoms with Gasteiger partial charge >= 0.3 is 8.48 Å². The number of hydrogen-bond donors (Lipinski definition) is 0. The first kappa shape index (κ1) is 15.3. The predicted molar refractivity (Wildman–Crippen MR) is 74.1 cm³/mol. The molecule has 1 atom stereocenters. The molecule has 1 aliphatic heterocycles. The summed E-state index contributed by atoms with van der Waals surface area (Å²) in [7, 11) is -2.80. The second-order valence-electron chi connectivity index (χ2n) is 4.98. The van der Waals surface area contributed by atoms with Gasteiger partial charge in [-0.3, -0.25) is 0 Å². The van der Waals surface area contributed by atoms with Crippen LogP contribution in [0.5, 0.6) is 0 Å². The minimum Gasteiger partial charge on any atom is -0.413 e. The van der Waals surface area contributed by atoms with Gasteiger partial charge in [0.15, 0.2) is 0 Å². The summed E-state index contributed by atoms with van der Waals surface area (Å²) in [4.78, 5) is 12.0. The van der Waals surface area contributed by atoms with E-state index in [0.29, 0.717) is 4.48 Å². The summed E-state index contributed by atoms with van der Waals surface area (Å²) in [5, 5.41) is 0. The van der Waals surface area contributed by atoms with Gasteiger partial charge in [0.2, 0.25) is 7.83 Å². The molecule has 1 aliphatic rings. The van der Waals surface area contributed by atoms with Crippen LogP contribution in [0.2, 0.25) is 19.1 Å². The molecule has 0 aromatic rings. The Kier molecular flexibility index (Phi) is 5.81. The molecule has 0 aromatic carbocycles. The SMILES string of the molecule is CCO[N+]1(OCC)CCC[SiH]1[Si](C)(C)OCC. The van der Waals surface area contributed by atoms with Crippen molar-refractivity contribution < 1.29 is 18.6 Å². The van der Waals surface area contributed by atoms with Crippen LogP contribution in [0.25, 0.3) is 0 Å². The Labute approximate surface area is 108 Å². The van der Waals surface area contributed by atoms with Crippen molar-refractivity contribution >= 4 is 16.3 Å². The summed E-state index contributed by atoms with van der Waals surface area (Å²) < 4.78 is 6.59. The standard InChI is InChI=1S/C11H28NO3Si2/c1-6-13-12(14-7-2)10-9-11-16(12)17(4,5)15-8-3/h16H,6-11H2,1-5H3/q+1. The lowest BCUT2D eigenvalue weighted by Gasteiger charge is -2.38.